The Bertz CT molecular complexity index is 677. The third-order valence-corrected chi connectivity index (χ3v) is 3.62. The van der Waals surface area contributed by atoms with Gasteiger partial charge >= 0.3 is 5.97 Å². The number of ether oxygens (including phenoxy) is 1. The molecule has 0 saturated heterocycles. The topological polar surface area (TPSA) is 52.3 Å². The fourth-order valence-corrected chi connectivity index (χ4v) is 2.71. The lowest BCUT2D eigenvalue weighted by molar-refractivity contribution is 0.0504. The van der Waals surface area contributed by atoms with Crippen molar-refractivity contribution >= 4 is 11.7 Å². The Labute approximate surface area is 118 Å². The van der Waals surface area contributed by atoms with E-state index >= 15 is 0 Å². The number of hydrogen-bond acceptors (Lipinski definition) is 3. The second-order valence-corrected chi connectivity index (χ2v) is 5.06. The summed E-state index contributed by atoms with van der Waals surface area (Å²) in [6, 6.07) is 11.7. The molecule has 0 heterocycles. The number of rotatable bonds is 3. The maximum absolute atomic E-state index is 12.1. The summed E-state index contributed by atoms with van der Waals surface area (Å²) in [7, 11) is 0. The quantitative estimate of drug-likeness (QED) is 0.584. The van der Waals surface area contributed by atoms with Crippen LogP contribution in [0.4, 0.5) is 5.69 Å². The molecule has 0 bridgehead atoms. The molecule has 0 unspecified atom stereocenters. The van der Waals surface area contributed by atoms with E-state index in [0.717, 1.165) is 29.7 Å². The van der Waals surface area contributed by atoms with Gasteiger partial charge in [-0.15, -0.1) is 0 Å². The lowest BCUT2D eigenvalue weighted by Gasteiger charge is -2.08. The highest BCUT2D eigenvalue weighted by Crippen LogP contribution is 2.39. The number of hydrogen-bond donors (Lipinski definition) is 1. The van der Waals surface area contributed by atoms with Crippen molar-refractivity contribution in [2.45, 2.75) is 19.8 Å². The minimum Gasteiger partial charge on any atom is -0.462 e. The van der Waals surface area contributed by atoms with E-state index in [1.807, 2.05) is 43.3 Å². The normalized spacial score (nSPS) is 11.8. The van der Waals surface area contributed by atoms with E-state index in [1.54, 1.807) is 0 Å². The zero-order valence-electron chi connectivity index (χ0n) is 11.5. The molecular formula is C17H17NO2. The molecule has 102 valence electrons. The molecule has 0 aliphatic heterocycles. The van der Waals surface area contributed by atoms with Gasteiger partial charge in [-0.05, 0) is 53.3 Å². The van der Waals surface area contributed by atoms with Crippen LogP contribution in [0.15, 0.2) is 36.4 Å². The molecule has 3 rings (SSSR count). The van der Waals surface area contributed by atoms with E-state index in [2.05, 4.69) is 0 Å². The first-order valence-corrected chi connectivity index (χ1v) is 6.88. The van der Waals surface area contributed by atoms with Crippen LogP contribution >= 0.6 is 0 Å². The van der Waals surface area contributed by atoms with Crippen LogP contribution in [0, 0.1) is 0 Å². The third kappa shape index (κ3) is 2.05. The minimum absolute atomic E-state index is 0.232. The number of anilines is 1. The highest BCUT2D eigenvalue weighted by Gasteiger charge is 2.24. The molecule has 20 heavy (non-hydrogen) atoms. The second-order valence-electron chi connectivity index (χ2n) is 5.06. The van der Waals surface area contributed by atoms with Gasteiger partial charge in [0.25, 0.3) is 0 Å². The van der Waals surface area contributed by atoms with E-state index in [4.69, 9.17) is 10.5 Å². The summed E-state index contributed by atoms with van der Waals surface area (Å²) in [5.74, 6) is -0.232. The smallest absolute Gasteiger partial charge is 0.338 e. The van der Waals surface area contributed by atoms with Gasteiger partial charge in [0.15, 0.2) is 0 Å². The Morgan fingerprint density at radius 2 is 2.10 bits per heavy atom. The standard InChI is InChI=1S/C17H17NO2/c1-2-8-20-17(19)15-5-3-4-14-13-7-6-12(18)9-11(13)10-16(14)15/h3-7,9H,2,8,10,18H2,1H3. The minimum atomic E-state index is -0.232. The lowest BCUT2D eigenvalue weighted by atomic mass is 10.0. The van der Waals surface area contributed by atoms with E-state index in [0.29, 0.717) is 12.2 Å². The molecule has 1 aliphatic carbocycles. The Morgan fingerprint density at radius 1 is 1.25 bits per heavy atom. The number of esters is 1. The van der Waals surface area contributed by atoms with E-state index in [1.165, 1.54) is 11.1 Å². The number of nitrogens with two attached hydrogens (primary N) is 1. The summed E-state index contributed by atoms with van der Waals surface area (Å²) >= 11 is 0. The van der Waals surface area contributed by atoms with Crippen molar-refractivity contribution in [3.63, 3.8) is 0 Å². The maximum Gasteiger partial charge on any atom is 0.338 e. The van der Waals surface area contributed by atoms with Gasteiger partial charge in [-0.3, -0.25) is 0 Å². The molecule has 0 atom stereocenters. The molecule has 0 fully saturated rings. The van der Waals surface area contributed by atoms with Crippen molar-refractivity contribution in [3.8, 4) is 11.1 Å². The monoisotopic (exact) mass is 267 g/mol. The lowest BCUT2D eigenvalue weighted by Crippen LogP contribution is -2.08. The van der Waals surface area contributed by atoms with E-state index in [9.17, 15) is 4.79 Å². The molecule has 0 radical (unpaired) electrons. The zero-order valence-corrected chi connectivity index (χ0v) is 11.5. The predicted octanol–water partition coefficient (Wildman–Crippen LogP) is 3.41. The summed E-state index contributed by atoms with van der Waals surface area (Å²) in [6.45, 7) is 2.45. The first-order valence-electron chi connectivity index (χ1n) is 6.88. The molecule has 3 nitrogen and oxygen atoms in total. The molecule has 2 aromatic carbocycles. The van der Waals surface area contributed by atoms with Crippen LogP contribution in [-0.4, -0.2) is 12.6 Å². The van der Waals surface area contributed by atoms with Crippen LogP contribution in [-0.2, 0) is 11.2 Å². The number of fused-ring (bicyclic) bond motifs is 3. The zero-order chi connectivity index (χ0) is 14.1. The number of carbonyl (C=O) groups is 1. The Kier molecular flexibility index (Phi) is 3.18. The number of benzene rings is 2. The molecule has 1 aliphatic rings. The van der Waals surface area contributed by atoms with Gasteiger partial charge < -0.3 is 10.5 Å². The average molecular weight is 267 g/mol. The average Bonchev–Trinajstić information content (AvgIpc) is 2.81. The summed E-state index contributed by atoms with van der Waals surface area (Å²) < 4.78 is 5.26. The summed E-state index contributed by atoms with van der Waals surface area (Å²) in [5, 5.41) is 0. The third-order valence-electron chi connectivity index (χ3n) is 3.62. The first kappa shape index (κ1) is 12.7. The van der Waals surface area contributed by atoms with Crippen molar-refractivity contribution in [3.05, 3.63) is 53.1 Å². The van der Waals surface area contributed by atoms with Gasteiger partial charge in [0.2, 0.25) is 0 Å². The summed E-state index contributed by atoms with van der Waals surface area (Å²) in [5.41, 5.74) is 11.8. The Balaban J connectivity index is 2.02. The first-order chi connectivity index (χ1) is 9.70. The molecule has 0 saturated carbocycles. The number of nitrogen functional groups attached to an aromatic ring is 1. The fourth-order valence-electron chi connectivity index (χ4n) is 2.71. The summed E-state index contributed by atoms with van der Waals surface area (Å²) in [6.07, 6.45) is 1.57. The summed E-state index contributed by atoms with van der Waals surface area (Å²) in [4.78, 5) is 12.1. The molecule has 0 spiro atoms. The van der Waals surface area contributed by atoms with Crippen LogP contribution in [0.2, 0.25) is 0 Å². The van der Waals surface area contributed by atoms with Gasteiger partial charge in [-0.25, -0.2) is 4.79 Å². The van der Waals surface area contributed by atoms with Crippen LogP contribution in [0.1, 0.15) is 34.8 Å². The second kappa shape index (κ2) is 5.00. The van der Waals surface area contributed by atoms with Crippen LogP contribution in [0.25, 0.3) is 11.1 Å². The maximum atomic E-state index is 12.1. The molecule has 2 N–H and O–H groups in total. The van der Waals surface area contributed by atoms with Crippen LogP contribution in [0.5, 0.6) is 0 Å². The molecule has 0 amide bonds. The van der Waals surface area contributed by atoms with Crippen molar-refractivity contribution < 1.29 is 9.53 Å². The highest BCUT2D eigenvalue weighted by molar-refractivity contribution is 5.95. The van der Waals surface area contributed by atoms with Gasteiger partial charge in [0.1, 0.15) is 0 Å². The van der Waals surface area contributed by atoms with Crippen molar-refractivity contribution in [1.82, 2.24) is 0 Å². The SMILES string of the molecule is CCCOC(=O)c1cccc2c1Cc1cc(N)ccc1-2. The van der Waals surface area contributed by atoms with Crippen molar-refractivity contribution in [2.75, 3.05) is 12.3 Å². The number of carbonyl (C=O) groups excluding carboxylic acids is 1. The molecule has 3 heteroatoms. The van der Waals surface area contributed by atoms with Crippen molar-refractivity contribution in [1.29, 1.82) is 0 Å². The Hall–Kier alpha value is -2.29. The van der Waals surface area contributed by atoms with Gasteiger partial charge in [-0.1, -0.05) is 25.1 Å². The highest BCUT2D eigenvalue weighted by atomic mass is 16.5. The van der Waals surface area contributed by atoms with Crippen LogP contribution in [0.3, 0.4) is 0 Å². The molecule has 0 aromatic heterocycles. The largest absolute Gasteiger partial charge is 0.462 e. The van der Waals surface area contributed by atoms with Gasteiger partial charge in [-0.2, -0.15) is 0 Å². The molecular weight excluding hydrogens is 250 g/mol. The Morgan fingerprint density at radius 3 is 2.90 bits per heavy atom. The molecule has 2 aromatic rings. The predicted molar refractivity (Wildman–Crippen MR) is 79.7 cm³/mol. The van der Waals surface area contributed by atoms with Gasteiger partial charge in [0, 0.05) is 5.69 Å². The van der Waals surface area contributed by atoms with E-state index in [-0.39, 0.29) is 5.97 Å². The van der Waals surface area contributed by atoms with Crippen LogP contribution < -0.4 is 5.73 Å². The van der Waals surface area contributed by atoms with Gasteiger partial charge in [0.05, 0.1) is 12.2 Å². The van der Waals surface area contributed by atoms with Crippen molar-refractivity contribution in [2.24, 2.45) is 0 Å². The van der Waals surface area contributed by atoms with E-state index < -0.39 is 0 Å². The fraction of sp³-hybridized carbons (Fsp3) is 0.235.